The lowest BCUT2D eigenvalue weighted by molar-refractivity contribution is 0.371. The van der Waals surface area contributed by atoms with Crippen molar-refractivity contribution in [2.75, 3.05) is 7.11 Å². The van der Waals surface area contributed by atoms with Gasteiger partial charge >= 0.3 is 0 Å². The van der Waals surface area contributed by atoms with Gasteiger partial charge in [0.05, 0.1) is 11.6 Å². The Kier molecular flexibility index (Phi) is 4.42. The number of aromatic hydroxyl groups is 1. The topological polar surface area (TPSA) is 55.5 Å². The third-order valence-corrected chi connectivity index (χ3v) is 2.80. The highest BCUT2D eigenvalue weighted by Crippen LogP contribution is 2.35. The van der Waals surface area contributed by atoms with Crippen LogP contribution in [0.3, 0.4) is 0 Å². The number of phenolic OH excluding ortho intramolecular Hbond substituents is 1. The number of hydrogen-bond donors (Lipinski definition) is 2. The molecule has 0 bridgehead atoms. The van der Waals surface area contributed by atoms with Gasteiger partial charge in [-0.3, -0.25) is 0 Å². The van der Waals surface area contributed by atoms with Gasteiger partial charge in [0.15, 0.2) is 11.5 Å². The van der Waals surface area contributed by atoms with Crippen molar-refractivity contribution in [3.05, 3.63) is 22.2 Å². The fourth-order valence-corrected chi connectivity index (χ4v) is 1.81. The van der Waals surface area contributed by atoms with Gasteiger partial charge in [-0.05, 0) is 53.4 Å². The van der Waals surface area contributed by atoms with Crippen LogP contribution in [0.25, 0.3) is 0 Å². The molecule has 0 heterocycles. The van der Waals surface area contributed by atoms with Crippen LogP contribution in [-0.2, 0) is 6.42 Å². The average Bonchev–Trinajstić information content (AvgIpc) is 2.19. The smallest absolute Gasteiger partial charge is 0.172 e. The first-order valence-electron chi connectivity index (χ1n) is 4.85. The standard InChI is InChI=1S/C11H16BrNO2/c1-7(13)3-4-8-5-9(12)11(14)10(6-8)15-2/h5-7,14H,3-4,13H2,1-2H3. The molecule has 0 aliphatic rings. The van der Waals surface area contributed by atoms with Crippen molar-refractivity contribution >= 4 is 15.9 Å². The molecule has 1 aromatic rings. The summed E-state index contributed by atoms with van der Waals surface area (Å²) in [6.45, 7) is 1.98. The van der Waals surface area contributed by atoms with Crippen LogP contribution in [0.4, 0.5) is 0 Å². The van der Waals surface area contributed by atoms with E-state index >= 15 is 0 Å². The molecule has 3 N–H and O–H groups in total. The average molecular weight is 274 g/mol. The molecule has 84 valence electrons. The predicted octanol–water partition coefficient (Wildman–Crippen LogP) is 2.44. The van der Waals surface area contributed by atoms with Gasteiger partial charge in [0.25, 0.3) is 0 Å². The van der Waals surface area contributed by atoms with E-state index in [2.05, 4.69) is 15.9 Å². The molecule has 1 atom stereocenters. The maximum atomic E-state index is 9.60. The summed E-state index contributed by atoms with van der Waals surface area (Å²) in [4.78, 5) is 0. The summed E-state index contributed by atoms with van der Waals surface area (Å²) in [5.41, 5.74) is 6.79. The van der Waals surface area contributed by atoms with Crippen LogP contribution in [0.15, 0.2) is 16.6 Å². The zero-order valence-electron chi connectivity index (χ0n) is 8.96. The van der Waals surface area contributed by atoms with E-state index in [-0.39, 0.29) is 11.8 Å². The van der Waals surface area contributed by atoms with Crippen LogP contribution in [0, 0.1) is 0 Å². The molecule has 0 amide bonds. The highest BCUT2D eigenvalue weighted by atomic mass is 79.9. The van der Waals surface area contributed by atoms with Crippen LogP contribution in [-0.4, -0.2) is 18.3 Å². The minimum Gasteiger partial charge on any atom is -0.503 e. The molecule has 0 saturated carbocycles. The van der Waals surface area contributed by atoms with Gasteiger partial charge in [0.2, 0.25) is 0 Å². The molecule has 0 aliphatic carbocycles. The largest absolute Gasteiger partial charge is 0.503 e. The van der Waals surface area contributed by atoms with Gasteiger partial charge in [-0.2, -0.15) is 0 Å². The summed E-state index contributed by atoms with van der Waals surface area (Å²) in [6, 6.07) is 3.91. The van der Waals surface area contributed by atoms with Crippen LogP contribution in [0.1, 0.15) is 18.9 Å². The lowest BCUT2D eigenvalue weighted by Gasteiger charge is -2.10. The van der Waals surface area contributed by atoms with Crippen molar-refractivity contribution in [2.45, 2.75) is 25.8 Å². The van der Waals surface area contributed by atoms with Gasteiger partial charge in [0.1, 0.15) is 0 Å². The molecule has 0 radical (unpaired) electrons. The maximum absolute atomic E-state index is 9.60. The van der Waals surface area contributed by atoms with Gasteiger partial charge in [-0.15, -0.1) is 0 Å². The molecule has 15 heavy (non-hydrogen) atoms. The minimum absolute atomic E-state index is 0.141. The number of halogens is 1. The summed E-state index contributed by atoms with van der Waals surface area (Å²) < 4.78 is 5.72. The van der Waals surface area contributed by atoms with Gasteiger partial charge in [-0.25, -0.2) is 0 Å². The maximum Gasteiger partial charge on any atom is 0.172 e. The SMILES string of the molecule is COc1cc(CCC(C)N)cc(Br)c1O. The highest BCUT2D eigenvalue weighted by molar-refractivity contribution is 9.10. The van der Waals surface area contributed by atoms with Crippen molar-refractivity contribution in [3.63, 3.8) is 0 Å². The second kappa shape index (κ2) is 5.37. The Bertz CT molecular complexity index is 340. The molecule has 0 fully saturated rings. The number of rotatable bonds is 4. The molecule has 0 saturated heterocycles. The fraction of sp³-hybridized carbons (Fsp3) is 0.455. The second-order valence-corrected chi connectivity index (χ2v) is 4.50. The Hall–Kier alpha value is -0.740. The molecule has 1 rings (SSSR count). The molecular formula is C11H16BrNO2. The minimum atomic E-state index is 0.141. The number of hydrogen-bond acceptors (Lipinski definition) is 3. The predicted molar refractivity (Wildman–Crippen MR) is 64.3 cm³/mol. The van der Waals surface area contributed by atoms with Gasteiger partial charge < -0.3 is 15.6 Å². The Morgan fingerprint density at radius 1 is 1.53 bits per heavy atom. The lowest BCUT2D eigenvalue weighted by Crippen LogP contribution is -2.15. The number of ether oxygens (including phenoxy) is 1. The quantitative estimate of drug-likeness (QED) is 0.886. The Morgan fingerprint density at radius 2 is 2.20 bits per heavy atom. The first kappa shape index (κ1) is 12.3. The zero-order chi connectivity index (χ0) is 11.4. The Morgan fingerprint density at radius 3 is 2.73 bits per heavy atom. The number of benzene rings is 1. The summed E-state index contributed by atoms with van der Waals surface area (Å²) in [5, 5.41) is 9.60. The van der Waals surface area contributed by atoms with E-state index in [9.17, 15) is 5.11 Å². The molecule has 3 nitrogen and oxygen atoms in total. The molecular weight excluding hydrogens is 258 g/mol. The van der Waals surface area contributed by atoms with E-state index in [1.165, 1.54) is 7.11 Å². The third-order valence-electron chi connectivity index (χ3n) is 2.20. The third kappa shape index (κ3) is 3.39. The van der Waals surface area contributed by atoms with Crippen molar-refractivity contribution < 1.29 is 9.84 Å². The van der Waals surface area contributed by atoms with Crippen molar-refractivity contribution in [1.82, 2.24) is 0 Å². The van der Waals surface area contributed by atoms with Crippen LogP contribution < -0.4 is 10.5 Å². The first-order chi connectivity index (χ1) is 7.04. The van der Waals surface area contributed by atoms with E-state index in [0.29, 0.717) is 10.2 Å². The summed E-state index contributed by atoms with van der Waals surface area (Å²) in [7, 11) is 1.54. The summed E-state index contributed by atoms with van der Waals surface area (Å²) in [5.74, 6) is 0.631. The number of phenols is 1. The number of nitrogens with two attached hydrogens (primary N) is 1. The molecule has 0 aromatic heterocycles. The zero-order valence-corrected chi connectivity index (χ0v) is 10.5. The molecule has 1 aromatic carbocycles. The first-order valence-corrected chi connectivity index (χ1v) is 5.65. The van der Waals surface area contributed by atoms with Crippen LogP contribution in [0.2, 0.25) is 0 Å². The van der Waals surface area contributed by atoms with Crippen molar-refractivity contribution in [2.24, 2.45) is 5.73 Å². The van der Waals surface area contributed by atoms with Crippen molar-refractivity contribution in [1.29, 1.82) is 0 Å². The van der Waals surface area contributed by atoms with E-state index in [0.717, 1.165) is 18.4 Å². The Labute approximate surface area is 98.4 Å². The highest BCUT2D eigenvalue weighted by Gasteiger charge is 2.08. The fourth-order valence-electron chi connectivity index (χ4n) is 1.32. The summed E-state index contributed by atoms with van der Waals surface area (Å²) in [6.07, 6.45) is 1.80. The van der Waals surface area contributed by atoms with E-state index in [4.69, 9.17) is 10.5 Å². The monoisotopic (exact) mass is 273 g/mol. The van der Waals surface area contributed by atoms with E-state index in [1.807, 2.05) is 19.1 Å². The lowest BCUT2D eigenvalue weighted by atomic mass is 10.1. The van der Waals surface area contributed by atoms with E-state index < -0.39 is 0 Å². The number of aryl methyl sites for hydroxylation is 1. The normalized spacial score (nSPS) is 12.5. The number of methoxy groups -OCH3 is 1. The van der Waals surface area contributed by atoms with Crippen LogP contribution in [0.5, 0.6) is 11.5 Å². The summed E-state index contributed by atoms with van der Waals surface area (Å²) >= 11 is 3.28. The molecule has 0 aliphatic heterocycles. The van der Waals surface area contributed by atoms with Crippen LogP contribution >= 0.6 is 15.9 Å². The van der Waals surface area contributed by atoms with Gasteiger partial charge in [-0.1, -0.05) is 0 Å². The molecule has 1 unspecified atom stereocenters. The van der Waals surface area contributed by atoms with Gasteiger partial charge in [0, 0.05) is 6.04 Å². The Balaban J connectivity index is 2.86. The second-order valence-electron chi connectivity index (χ2n) is 3.64. The molecule has 0 spiro atoms. The molecule has 4 heteroatoms. The van der Waals surface area contributed by atoms with E-state index in [1.54, 1.807) is 0 Å². The van der Waals surface area contributed by atoms with Crippen molar-refractivity contribution in [3.8, 4) is 11.5 Å².